The maximum absolute atomic E-state index is 14.0. The van der Waals surface area contributed by atoms with Gasteiger partial charge in [-0.25, -0.2) is 62.5 Å². The number of carbonyl (C=O) groups is 5. The highest BCUT2D eigenvalue weighted by molar-refractivity contribution is 6.35. The first-order chi connectivity index (χ1) is 63.0. The van der Waals surface area contributed by atoms with Crippen molar-refractivity contribution in [2.75, 3.05) is 139 Å². The van der Waals surface area contributed by atoms with Gasteiger partial charge in [0.25, 0.3) is 17.7 Å². The molecule has 5 amide bonds. The number of imidazole rings is 3. The SMILES string of the molecule is CC(C)(C)OC(=O)N1Cc2c(-c3cnc4cc(F)ccn34)ccc(Cl)c2C1=O.COCC1(c2ccc(N)nc2CN(C)C)CCOC1.COCC1(c2ccc(Nc3ccc(-c4cnc5cc(F)ccn45)c4c3C(=O)N(C(=O)OC(C)(C)C)C4)nc2CN(C)C)CCOC1.COCC1(c2ccc(Nc3ccc(-c4cnc5cc(F)ccn45)c4c3C(=O)NC4)nc2CN(C)C)CCOC1. The van der Waals surface area contributed by atoms with Gasteiger partial charge in [0.15, 0.2) is 0 Å². The number of aromatic nitrogens is 9. The van der Waals surface area contributed by atoms with Crippen molar-refractivity contribution in [3.63, 3.8) is 0 Å². The van der Waals surface area contributed by atoms with Gasteiger partial charge in [-0.3, -0.25) is 27.6 Å². The summed E-state index contributed by atoms with van der Waals surface area (Å²) in [5.41, 5.74) is 20.1. The molecule has 6 aliphatic rings. The number of carbonyl (C=O) groups excluding carboxylic acids is 5. The van der Waals surface area contributed by atoms with Crippen LogP contribution in [0.4, 0.5) is 51.6 Å². The molecule has 0 radical (unpaired) electrons. The van der Waals surface area contributed by atoms with Gasteiger partial charge in [0.1, 0.15) is 63.0 Å². The molecule has 3 fully saturated rings. The van der Waals surface area contributed by atoms with Crippen LogP contribution in [0.2, 0.25) is 5.02 Å². The molecule has 6 aliphatic heterocycles. The van der Waals surface area contributed by atoms with Gasteiger partial charge < -0.3 is 74.3 Å². The van der Waals surface area contributed by atoms with E-state index in [1.165, 1.54) is 42.0 Å². The zero-order valence-corrected chi connectivity index (χ0v) is 77.5. The van der Waals surface area contributed by atoms with Crippen molar-refractivity contribution in [3.8, 4) is 33.8 Å². The summed E-state index contributed by atoms with van der Waals surface area (Å²) in [6.45, 7) is 18.6. The molecular formula is C97H110ClF3N18O13. The van der Waals surface area contributed by atoms with Crippen LogP contribution in [0.25, 0.3) is 50.7 Å². The summed E-state index contributed by atoms with van der Waals surface area (Å²) >= 11 is 6.27. The maximum Gasteiger partial charge on any atom is 0.417 e. The van der Waals surface area contributed by atoms with Gasteiger partial charge in [0.05, 0.1) is 139 Å². The predicted octanol–water partition coefficient (Wildman–Crippen LogP) is 15.1. The number of imide groups is 2. The van der Waals surface area contributed by atoms with Gasteiger partial charge >= 0.3 is 12.2 Å². The van der Waals surface area contributed by atoms with Gasteiger partial charge in [0, 0.05) is 137 Å². The van der Waals surface area contributed by atoms with Gasteiger partial charge in [-0.2, -0.15) is 0 Å². The van der Waals surface area contributed by atoms with Crippen molar-refractivity contribution in [1.29, 1.82) is 0 Å². The Hall–Kier alpha value is -12.4. The fourth-order valence-corrected chi connectivity index (χ4v) is 18.2. The van der Waals surface area contributed by atoms with Crippen LogP contribution in [0.1, 0.15) is 142 Å². The Bertz CT molecular complexity index is 6370. The second-order valence-corrected chi connectivity index (χ2v) is 37.1. The minimum Gasteiger partial charge on any atom is -0.443 e. The number of nitrogens with two attached hydrogens (primary N) is 1. The highest BCUT2D eigenvalue weighted by atomic mass is 35.5. The van der Waals surface area contributed by atoms with E-state index in [-0.39, 0.29) is 51.6 Å². The number of amides is 5. The van der Waals surface area contributed by atoms with Crippen molar-refractivity contribution >= 4 is 87.3 Å². The average Bonchev–Trinajstić information content (AvgIpc) is 1.56. The highest BCUT2D eigenvalue weighted by Gasteiger charge is 2.45. The summed E-state index contributed by atoms with van der Waals surface area (Å²) in [5.74, 6) is -0.510. The van der Waals surface area contributed by atoms with E-state index in [1.807, 2.05) is 83.1 Å². The van der Waals surface area contributed by atoms with E-state index in [2.05, 4.69) is 68.8 Å². The van der Waals surface area contributed by atoms with E-state index >= 15 is 0 Å². The molecule has 3 aromatic carbocycles. The molecule has 0 saturated carbocycles. The molecule has 3 unspecified atom stereocenters. The van der Waals surface area contributed by atoms with E-state index in [4.69, 9.17) is 65.2 Å². The van der Waals surface area contributed by atoms with Gasteiger partial charge in [0.2, 0.25) is 0 Å². The van der Waals surface area contributed by atoms with E-state index in [9.17, 15) is 37.1 Å². The van der Waals surface area contributed by atoms with Crippen molar-refractivity contribution in [2.24, 2.45) is 0 Å². The first-order valence-electron chi connectivity index (χ1n) is 43.4. The van der Waals surface area contributed by atoms with E-state index < -0.39 is 46.8 Å². The third-order valence-corrected chi connectivity index (χ3v) is 24.0. The van der Waals surface area contributed by atoms with Gasteiger partial charge in [-0.05, 0) is 191 Å². The van der Waals surface area contributed by atoms with Crippen LogP contribution in [-0.2, 0) is 93.4 Å². The Kier molecular flexibility index (Phi) is 27.7. The summed E-state index contributed by atoms with van der Waals surface area (Å²) in [7, 11) is 17.2. The van der Waals surface area contributed by atoms with Crippen molar-refractivity contribution in [1.82, 2.24) is 72.9 Å². The number of methoxy groups -OCH3 is 3. The molecule has 15 heterocycles. The summed E-state index contributed by atoms with van der Waals surface area (Å²) < 4.78 is 91.2. The first-order valence-corrected chi connectivity index (χ1v) is 43.7. The number of fused-ring (bicyclic) bond motifs is 6. The van der Waals surface area contributed by atoms with Crippen molar-refractivity contribution in [2.45, 2.75) is 128 Å². The van der Waals surface area contributed by atoms with Gasteiger partial charge in [-0.15, -0.1) is 0 Å². The van der Waals surface area contributed by atoms with Crippen LogP contribution >= 0.6 is 11.6 Å². The predicted molar refractivity (Wildman–Crippen MR) is 493 cm³/mol. The summed E-state index contributed by atoms with van der Waals surface area (Å²) in [4.78, 5) is 101. The lowest BCUT2D eigenvalue weighted by Gasteiger charge is -2.30. The van der Waals surface area contributed by atoms with Crippen LogP contribution < -0.4 is 21.7 Å². The zero-order chi connectivity index (χ0) is 94.0. The molecule has 31 nitrogen and oxygen atoms in total. The number of nitrogen functional groups attached to an aromatic ring is 1. The molecule has 0 bridgehead atoms. The number of hydrogen-bond donors (Lipinski definition) is 4. The smallest absolute Gasteiger partial charge is 0.417 e. The van der Waals surface area contributed by atoms with Gasteiger partial charge in [-0.1, -0.05) is 48.0 Å². The number of pyridine rings is 6. The van der Waals surface area contributed by atoms with Crippen molar-refractivity contribution < 1.29 is 75.0 Å². The maximum atomic E-state index is 14.0. The van der Waals surface area contributed by atoms with Crippen molar-refractivity contribution in [3.05, 3.63) is 236 Å². The third kappa shape index (κ3) is 19.9. The molecule has 0 spiro atoms. The number of nitrogens with zero attached hydrogens (tertiary/aromatic N) is 14. The number of anilines is 5. The standard InChI is InChI=1S/C34H39FN6O5.C29H31FN6O3.C20H17ClFN3O3.C14H23N3O2/c1-33(2,3)46-32(43)41-17-23-22(27-16-36-29-15-21(35)11-13-40(27)29)7-9-25(30(23)31(41)42)37-28-10-8-24(26(38-28)18-39(4)5)34(19-44-6)12-14-45-20-34;1-35(2)15-23-21(29(16-38-3)9-11-39-17-29)5-7-25(34-23)33-22-6-4-19(20-13-32-28(37)27(20)22)24-14-31-26-12-18(30)8-10-36(24)26;1-20(2,3)28-19(27)25-10-13-12(4-5-14(21)17(13)18(25)26)15-9-23-16-8-11(22)6-7-24(15)16;1-17(2)8-12-11(4-5-13(15)16-12)14(9-18-3)6-7-19-10-14/h7-11,13,15-16H,12,14,17-20H2,1-6H3,(H,37,38);4-8,10,12,14H,9,11,13,15-17H2,1-3H3,(H,32,37)(H,33,34);4-9H,10H2,1-3H3;4-5H,6-10H2,1-3H3,(H2,15,16). The number of ether oxygens (including phenoxy) is 8. The minimum atomic E-state index is -0.791. The molecule has 3 saturated heterocycles. The van der Waals surface area contributed by atoms with E-state index in [1.54, 1.807) is 127 Å². The van der Waals surface area contributed by atoms with Crippen LogP contribution in [0.3, 0.4) is 0 Å². The quantitative estimate of drug-likeness (QED) is 0.0490. The number of benzene rings is 3. The van der Waals surface area contributed by atoms with Crippen LogP contribution in [0, 0.1) is 17.5 Å². The lowest BCUT2D eigenvalue weighted by Crippen LogP contribution is -2.37. The van der Waals surface area contributed by atoms with E-state index in [0.717, 1.165) is 87.2 Å². The summed E-state index contributed by atoms with van der Waals surface area (Å²) in [6.07, 6.45) is 11.0. The monoisotopic (exact) mass is 1830 g/mol. The molecule has 35 heteroatoms. The Morgan fingerprint density at radius 1 is 0.492 bits per heavy atom. The minimum absolute atomic E-state index is 0.000144. The second kappa shape index (κ2) is 38.8. The normalized spacial score (nSPS) is 18.1. The van der Waals surface area contributed by atoms with E-state index in [0.29, 0.717) is 163 Å². The Morgan fingerprint density at radius 2 is 0.856 bits per heavy atom. The molecule has 0 aliphatic carbocycles. The average molecular weight is 1830 g/mol. The Labute approximate surface area is 768 Å². The summed E-state index contributed by atoms with van der Waals surface area (Å²) in [6, 6.07) is 31.0. The van der Waals surface area contributed by atoms with Crippen LogP contribution in [0.5, 0.6) is 0 Å². The number of rotatable bonds is 22. The molecule has 3 atom stereocenters. The molecule has 18 rings (SSSR count). The molecule has 9 aromatic heterocycles. The number of halogens is 4. The lowest BCUT2D eigenvalue weighted by molar-refractivity contribution is 0.0231. The number of nitrogens with one attached hydrogen (secondary N) is 3. The highest BCUT2D eigenvalue weighted by Crippen LogP contribution is 2.45. The second-order valence-electron chi connectivity index (χ2n) is 36.7. The van der Waals surface area contributed by atoms with Crippen LogP contribution in [0.15, 0.2) is 146 Å². The van der Waals surface area contributed by atoms with Crippen LogP contribution in [-0.4, -0.2) is 232 Å². The number of hydrogen-bond acceptors (Lipinski definition) is 25. The largest absolute Gasteiger partial charge is 0.443 e. The Morgan fingerprint density at radius 3 is 1.23 bits per heavy atom. The topological polar surface area (TPSA) is 328 Å². The molecule has 132 heavy (non-hydrogen) atoms. The fourth-order valence-electron chi connectivity index (χ4n) is 18.0. The zero-order valence-electron chi connectivity index (χ0n) is 76.7. The summed E-state index contributed by atoms with van der Waals surface area (Å²) in [5, 5.41) is 9.98. The molecule has 694 valence electrons. The first kappa shape index (κ1) is 94.3. The molecular weight excluding hydrogens is 1720 g/mol. The fraction of sp³-hybridized carbons (Fsp3) is 0.392. The lowest BCUT2D eigenvalue weighted by atomic mass is 9.79. The third-order valence-electron chi connectivity index (χ3n) is 23.7. The molecule has 5 N–H and O–H groups in total. The Balaban J connectivity index is 0.000000141. The molecule has 12 aromatic rings.